The molecule has 72 valence electrons. The summed E-state index contributed by atoms with van der Waals surface area (Å²) in [6.45, 7) is 0.340. The smallest absolute Gasteiger partial charge is 0.263 e. The predicted octanol–water partition coefficient (Wildman–Crippen LogP) is 2.06. The molecular weight excluding hydrogens is 176 g/mol. The Labute approximate surface area is 75.3 Å². The molecule has 2 nitrogen and oxygen atoms in total. The van der Waals surface area contributed by atoms with Crippen LogP contribution in [0.2, 0.25) is 0 Å². The molecule has 0 spiro atoms. The van der Waals surface area contributed by atoms with E-state index in [1.807, 2.05) is 0 Å². The summed E-state index contributed by atoms with van der Waals surface area (Å²) < 4.78 is 24.4. The van der Waals surface area contributed by atoms with Crippen LogP contribution in [0.4, 0.5) is 8.78 Å². The molecule has 0 aliphatic carbocycles. The van der Waals surface area contributed by atoms with Crippen LogP contribution in [0.15, 0.2) is 24.3 Å². The van der Waals surface area contributed by atoms with Gasteiger partial charge in [-0.2, -0.15) is 0 Å². The summed E-state index contributed by atoms with van der Waals surface area (Å²) in [6.07, 6.45) is -1.87. The molecule has 0 heterocycles. The maximum absolute atomic E-state index is 12.2. The molecule has 13 heavy (non-hydrogen) atoms. The van der Waals surface area contributed by atoms with E-state index in [1.54, 1.807) is 12.1 Å². The lowest BCUT2D eigenvalue weighted by Crippen LogP contribution is -2.03. The van der Waals surface area contributed by atoms with Gasteiger partial charge in [-0.15, -0.1) is 0 Å². The van der Waals surface area contributed by atoms with Gasteiger partial charge in [0, 0.05) is 5.56 Å². The molecule has 0 aromatic heterocycles. The Hall–Kier alpha value is -1.00. The zero-order chi connectivity index (χ0) is 9.68. The number of nitrogens with two attached hydrogens (primary N) is 1. The van der Waals surface area contributed by atoms with Gasteiger partial charge in [-0.25, -0.2) is 14.7 Å². The highest BCUT2D eigenvalue weighted by Gasteiger charge is 2.06. The van der Waals surface area contributed by atoms with E-state index in [4.69, 9.17) is 5.90 Å². The summed E-state index contributed by atoms with van der Waals surface area (Å²) >= 11 is 0. The molecule has 0 radical (unpaired) electrons. The molecule has 2 N–H and O–H groups in total. The Morgan fingerprint density at radius 3 is 2.77 bits per heavy atom. The molecule has 1 rings (SSSR count). The van der Waals surface area contributed by atoms with Crippen molar-refractivity contribution in [3.05, 3.63) is 35.4 Å². The molecule has 1 aromatic rings. The molecule has 0 fully saturated rings. The van der Waals surface area contributed by atoms with Crippen LogP contribution in [-0.4, -0.2) is 6.61 Å². The zero-order valence-corrected chi connectivity index (χ0v) is 7.04. The molecule has 0 aliphatic heterocycles. The third-order valence-corrected chi connectivity index (χ3v) is 1.71. The van der Waals surface area contributed by atoms with Gasteiger partial charge in [0.2, 0.25) is 0 Å². The largest absolute Gasteiger partial charge is 0.304 e. The van der Waals surface area contributed by atoms with E-state index < -0.39 is 6.43 Å². The number of hydrogen-bond acceptors (Lipinski definition) is 2. The molecule has 0 bridgehead atoms. The van der Waals surface area contributed by atoms with Gasteiger partial charge >= 0.3 is 0 Å². The van der Waals surface area contributed by atoms with Gasteiger partial charge in [-0.1, -0.05) is 24.3 Å². The van der Waals surface area contributed by atoms with Gasteiger partial charge in [0.05, 0.1) is 6.61 Å². The number of halogens is 2. The van der Waals surface area contributed by atoms with Crippen LogP contribution in [0.5, 0.6) is 0 Å². The maximum Gasteiger partial charge on any atom is 0.263 e. The minimum absolute atomic E-state index is 0.0366. The standard InChI is InChI=1S/C9H11F2NO/c10-9(11)8-3-1-2-7(6-8)4-5-13-12/h1-3,6,9H,4-5,12H2. The third kappa shape index (κ3) is 3.08. The SMILES string of the molecule is NOCCc1cccc(C(F)F)c1. The summed E-state index contributed by atoms with van der Waals surface area (Å²) in [5.74, 6) is 4.83. The van der Waals surface area contributed by atoms with Crippen molar-refractivity contribution in [3.8, 4) is 0 Å². The van der Waals surface area contributed by atoms with Gasteiger partial charge in [-0.05, 0) is 12.0 Å². The van der Waals surface area contributed by atoms with E-state index in [1.165, 1.54) is 12.1 Å². The number of rotatable bonds is 4. The molecular formula is C9H11F2NO. The Morgan fingerprint density at radius 1 is 1.38 bits per heavy atom. The first-order chi connectivity index (χ1) is 6.24. The summed E-state index contributed by atoms with van der Waals surface area (Å²) in [5.41, 5.74) is 0.845. The number of alkyl halides is 2. The Kier molecular flexibility index (Phi) is 3.79. The highest BCUT2D eigenvalue weighted by Crippen LogP contribution is 2.19. The van der Waals surface area contributed by atoms with Crippen molar-refractivity contribution in [2.45, 2.75) is 12.8 Å². The summed E-state index contributed by atoms with van der Waals surface area (Å²) in [5, 5.41) is 0. The Balaban J connectivity index is 2.68. The fraction of sp³-hybridized carbons (Fsp3) is 0.333. The monoisotopic (exact) mass is 187 g/mol. The second-order valence-corrected chi connectivity index (χ2v) is 2.67. The number of hydrogen-bond donors (Lipinski definition) is 1. The number of benzene rings is 1. The zero-order valence-electron chi connectivity index (χ0n) is 7.04. The van der Waals surface area contributed by atoms with Gasteiger partial charge < -0.3 is 4.84 Å². The van der Waals surface area contributed by atoms with Crippen LogP contribution >= 0.6 is 0 Å². The van der Waals surface area contributed by atoms with E-state index in [9.17, 15) is 8.78 Å². The normalized spacial score (nSPS) is 10.8. The molecule has 0 saturated heterocycles. The lowest BCUT2D eigenvalue weighted by molar-refractivity contribution is 0.140. The molecule has 1 aromatic carbocycles. The summed E-state index contributed by atoms with van der Waals surface area (Å²) in [6, 6.07) is 6.24. The fourth-order valence-electron chi connectivity index (χ4n) is 1.06. The first-order valence-electron chi connectivity index (χ1n) is 3.92. The average Bonchev–Trinajstić information content (AvgIpc) is 2.15. The van der Waals surface area contributed by atoms with Crippen LogP contribution in [0.25, 0.3) is 0 Å². The van der Waals surface area contributed by atoms with Crippen LogP contribution < -0.4 is 5.90 Å². The quantitative estimate of drug-likeness (QED) is 0.732. The second kappa shape index (κ2) is 4.89. The van der Waals surface area contributed by atoms with Crippen molar-refractivity contribution in [3.63, 3.8) is 0 Å². The highest BCUT2D eigenvalue weighted by molar-refractivity contribution is 5.24. The van der Waals surface area contributed by atoms with Crippen molar-refractivity contribution in [2.24, 2.45) is 5.90 Å². The second-order valence-electron chi connectivity index (χ2n) is 2.67. The molecule has 0 unspecified atom stereocenters. The van der Waals surface area contributed by atoms with E-state index in [2.05, 4.69) is 4.84 Å². The molecule has 0 aliphatic rings. The minimum Gasteiger partial charge on any atom is -0.304 e. The molecule has 0 atom stereocenters. The van der Waals surface area contributed by atoms with E-state index in [0.29, 0.717) is 13.0 Å². The van der Waals surface area contributed by atoms with E-state index in [-0.39, 0.29) is 5.56 Å². The Morgan fingerprint density at radius 2 is 2.15 bits per heavy atom. The summed E-state index contributed by atoms with van der Waals surface area (Å²) in [7, 11) is 0. The van der Waals surface area contributed by atoms with E-state index >= 15 is 0 Å². The van der Waals surface area contributed by atoms with Gasteiger partial charge in [0.1, 0.15) is 0 Å². The third-order valence-electron chi connectivity index (χ3n) is 1.71. The summed E-state index contributed by atoms with van der Waals surface area (Å²) in [4.78, 5) is 4.36. The lowest BCUT2D eigenvalue weighted by Gasteiger charge is -2.03. The van der Waals surface area contributed by atoms with Gasteiger partial charge in [0.15, 0.2) is 0 Å². The fourth-order valence-corrected chi connectivity index (χ4v) is 1.06. The van der Waals surface area contributed by atoms with Crippen molar-refractivity contribution in [2.75, 3.05) is 6.61 Å². The van der Waals surface area contributed by atoms with Crippen molar-refractivity contribution in [1.82, 2.24) is 0 Å². The molecule has 0 amide bonds. The maximum atomic E-state index is 12.2. The molecule has 4 heteroatoms. The first kappa shape index (κ1) is 10.1. The first-order valence-corrected chi connectivity index (χ1v) is 3.92. The van der Waals surface area contributed by atoms with Crippen LogP contribution in [0.3, 0.4) is 0 Å². The van der Waals surface area contributed by atoms with Gasteiger partial charge in [0.25, 0.3) is 6.43 Å². The minimum atomic E-state index is -2.42. The van der Waals surface area contributed by atoms with Crippen LogP contribution in [-0.2, 0) is 11.3 Å². The van der Waals surface area contributed by atoms with Crippen molar-refractivity contribution in [1.29, 1.82) is 0 Å². The molecule has 0 saturated carbocycles. The topological polar surface area (TPSA) is 35.2 Å². The predicted molar refractivity (Wildman–Crippen MR) is 45.2 cm³/mol. The van der Waals surface area contributed by atoms with Gasteiger partial charge in [-0.3, -0.25) is 0 Å². The van der Waals surface area contributed by atoms with Crippen molar-refractivity contribution >= 4 is 0 Å². The average molecular weight is 187 g/mol. The van der Waals surface area contributed by atoms with Crippen LogP contribution in [0, 0.1) is 0 Å². The van der Waals surface area contributed by atoms with Crippen molar-refractivity contribution < 1.29 is 13.6 Å². The lowest BCUT2D eigenvalue weighted by atomic mass is 10.1. The highest BCUT2D eigenvalue weighted by atomic mass is 19.3. The van der Waals surface area contributed by atoms with E-state index in [0.717, 1.165) is 5.56 Å². The Bertz CT molecular complexity index is 266. The van der Waals surface area contributed by atoms with Crippen LogP contribution in [0.1, 0.15) is 17.6 Å².